The minimum absolute atomic E-state index is 0.204. The highest BCUT2D eigenvalue weighted by atomic mass is 79.9. The van der Waals surface area contributed by atoms with Crippen molar-refractivity contribution in [2.24, 2.45) is 5.11 Å². The van der Waals surface area contributed by atoms with Crippen molar-refractivity contribution in [2.75, 3.05) is 13.1 Å². The van der Waals surface area contributed by atoms with Gasteiger partial charge in [-0.2, -0.15) is 0 Å². The van der Waals surface area contributed by atoms with Gasteiger partial charge in [-0.15, -0.1) is 0 Å². The Kier molecular flexibility index (Phi) is 5.43. The number of rotatable bonds is 6. The molecule has 1 N–H and O–H groups in total. The van der Waals surface area contributed by atoms with Gasteiger partial charge in [0.1, 0.15) is 0 Å². The third-order valence-electron chi connectivity index (χ3n) is 1.90. The number of hydrogen-bond donors (Lipinski definition) is 1. The van der Waals surface area contributed by atoms with E-state index in [1.165, 1.54) is 12.1 Å². The summed E-state index contributed by atoms with van der Waals surface area (Å²) in [6.45, 7) is 0.519. The van der Waals surface area contributed by atoms with Gasteiger partial charge >= 0.3 is 0 Å². The lowest BCUT2D eigenvalue weighted by Crippen LogP contribution is -2.25. The molecule has 8 heteroatoms. The molecule has 1 rings (SSSR count). The smallest absolute Gasteiger partial charge is 0.211 e. The molecule has 0 radical (unpaired) electrons. The Hall–Kier alpha value is -1.08. The van der Waals surface area contributed by atoms with Crippen LogP contribution in [0.15, 0.2) is 38.7 Å². The minimum atomic E-state index is -3.48. The molecular weight excluding hydrogens is 308 g/mol. The van der Waals surface area contributed by atoms with Crippen molar-refractivity contribution in [1.29, 1.82) is 0 Å². The van der Waals surface area contributed by atoms with Crippen LogP contribution in [0.2, 0.25) is 0 Å². The second kappa shape index (κ2) is 6.61. The lowest BCUT2D eigenvalue weighted by molar-refractivity contribution is 0.579. The zero-order valence-electron chi connectivity index (χ0n) is 8.88. The van der Waals surface area contributed by atoms with E-state index in [-0.39, 0.29) is 18.0 Å². The molecular formula is C9H11BrN4O2S. The molecule has 1 aromatic rings. The fraction of sp³-hybridized carbons (Fsp3) is 0.333. The van der Waals surface area contributed by atoms with Crippen LogP contribution in [0.1, 0.15) is 6.42 Å². The Bertz CT molecular complexity index is 526. The van der Waals surface area contributed by atoms with E-state index in [9.17, 15) is 8.42 Å². The molecule has 17 heavy (non-hydrogen) atoms. The first-order valence-corrected chi connectivity index (χ1v) is 7.10. The summed E-state index contributed by atoms with van der Waals surface area (Å²) in [6, 6.07) is 6.44. The largest absolute Gasteiger partial charge is 0.240 e. The van der Waals surface area contributed by atoms with Gasteiger partial charge in [0.25, 0.3) is 0 Å². The first kappa shape index (κ1) is 14.0. The van der Waals surface area contributed by atoms with Crippen molar-refractivity contribution in [3.05, 3.63) is 39.2 Å². The van der Waals surface area contributed by atoms with E-state index in [0.29, 0.717) is 10.9 Å². The van der Waals surface area contributed by atoms with Gasteiger partial charge in [-0.1, -0.05) is 27.1 Å². The molecule has 0 aromatic heterocycles. The van der Waals surface area contributed by atoms with Gasteiger partial charge in [-0.25, -0.2) is 13.1 Å². The number of benzene rings is 1. The Morgan fingerprint density at radius 3 is 2.88 bits per heavy atom. The van der Waals surface area contributed by atoms with E-state index < -0.39 is 10.0 Å². The van der Waals surface area contributed by atoms with Crippen molar-refractivity contribution in [1.82, 2.24) is 4.72 Å². The monoisotopic (exact) mass is 318 g/mol. The lowest BCUT2D eigenvalue weighted by Gasteiger charge is -2.05. The molecule has 0 aliphatic rings. The number of halogens is 1. The van der Waals surface area contributed by atoms with Crippen LogP contribution < -0.4 is 4.72 Å². The second-order valence-corrected chi connectivity index (χ2v) is 5.85. The first-order valence-electron chi connectivity index (χ1n) is 4.82. The summed E-state index contributed by atoms with van der Waals surface area (Å²) < 4.78 is 26.7. The number of hydrogen-bond acceptors (Lipinski definition) is 3. The van der Waals surface area contributed by atoms with Crippen LogP contribution in [0.25, 0.3) is 10.4 Å². The average Bonchev–Trinajstić information content (AvgIpc) is 2.29. The molecule has 0 unspecified atom stereocenters. The molecule has 0 aliphatic carbocycles. The molecule has 0 saturated carbocycles. The van der Waals surface area contributed by atoms with Crippen molar-refractivity contribution in [3.63, 3.8) is 0 Å². The second-order valence-electron chi connectivity index (χ2n) is 3.16. The number of azide groups is 1. The summed E-state index contributed by atoms with van der Waals surface area (Å²) in [5.41, 5.74) is 8.05. The van der Waals surface area contributed by atoms with Crippen LogP contribution in [-0.4, -0.2) is 21.5 Å². The average molecular weight is 319 g/mol. The van der Waals surface area contributed by atoms with Gasteiger partial charge in [-0.3, -0.25) is 0 Å². The predicted octanol–water partition coefficient (Wildman–Crippen LogP) is 2.43. The summed E-state index contributed by atoms with van der Waals surface area (Å²) in [7, 11) is -3.48. The van der Waals surface area contributed by atoms with E-state index in [4.69, 9.17) is 5.53 Å². The van der Waals surface area contributed by atoms with Crippen LogP contribution in [0.5, 0.6) is 0 Å². The standard InChI is InChI=1S/C9H11BrN4O2S/c10-8-3-1-4-9(7-8)17(15,16)13-6-2-5-12-14-11/h1,3-4,7,13H,2,5-6H2. The van der Waals surface area contributed by atoms with E-state index in [0.717, 1.165) is 0 Å². The normalized spacial score (nSPS) is 10.9. The van der Waals surface area contributed by atoms with Crippen LogP contribution in [0.3, 0.4) is 0 Å². The fourth-order valence-corrected chi connectivity index (χ4v) is 2.79. The van der Waals surface area contributed by atoms with Gasteiger partial charge < -0.3 is 0 Å². The number of nitrogens with one attached hydrogen (secondary N) is 1. The summed E-state index contributed by atoms with van der Waals surface area (Å²) >= 11 is 3.21. The van der Waals surface area contributed by atoms with Crippen LogP contribution >= 0.6 is 15.9 Å². The molecule has 0 spiro atoms. The van der Waals surface area contributed by atoms with E-state index in [2.05, 4.69) is 30.7 Å². The van der Waals surface area contributed by atoms with Crippen molar-refractivity contribution in [2.45, 2.75) is 11.3 Å². The number of sulfonamides is 1. The maximum atomic E-state index is 11.8. The van der Waals surface area contributed by atoms with Crippen LogP contribution in [0.4, 0.5) is 0 Å². The Morgan fingerprint density at radius 1 is 1.47 bits per heavy atom. The predicted molar refractivity (Wildman–Crippen MR) is 68.0 cm³/mol. The van der Waals surface area contributed by atoms with Gasteiger partial charge in [-0.05, 0) is 30.2 Å². The highest BCUT2D eigenvalue weighted by molar-refractivity contribution is 9.10. The van der Waals surface area contributed by atoms with Gasteiger partial charge in [0.15, 0.2) is 0 Å². The maximum absolute atomic E-state index is 11.8. The zero-order valence-corrected chi connectivity index (χ0v) is 11.3. The van der Waals surface area contributed by atoms with Crippen LogP contribution in [0, 0.1) is 0 Å². The van der Waals surface area contributed by atoms with Crippen molar-refractivity contribution >= 4 is 26.0 Å². The van der Waals surface area contributed by atoms with Gasteiger partial charge in [0.2, 0.25) is 10.0 Å². The highest BCUT2D eigenvalue weighted by Crippen LogP contribution is 2.15. The molecule has 0 saturated heterocycles. The summed E-state index contributed by atoms with van der Waals surface area (Å²) in [4.78, 5) is 2.79. The molecule has 0 heterocycles. The Labute approximate surface area is 108 Å². The number of nitrogens with zero attached hydrogens (tertiary/aromatic N) is 3. The quantitative estimate of drug-likeness (QED) is 0.377. The summed E-state index contributed by atoms with van der Waals surface area (Å²) in [5.74, 6) is 0. The Morgan fingerprint density at radius 2 is 2.24 bits per heavy atom. The third kappa shape index (κ3) is 4.74. The first-order chi connectivity index (χ1) is 8.06. The molecule has 0 aliphatic heterocycles. The molecule has 0 amide bonds. The molecule has 0 fully saturated rings. The molecule has 0 bridgehead atoms. The lowest BCUT2D eigenvalue weighted by atomic mass is 10.4. The van der Waals surface area contributed by atoms with E-state index >= 15 is 0 Å². The molecule has 6 nitrogen and oxygen atoms in total. The van der Waals surface area contributed by atoms with Crippen LogP contribution in [-0.2, 0) is 10.0 Å². The van der Waals surface area contributed by atoms with E-state index in [1.54, 1.807) is 12.1 Å². The topological polar surface area (TPSA) is 94.9 Å². The zero-order chi connectivity index (χ0) is 12.7. The maximum Gasteiger partial charge on any atom is 0.240 e. The van der Waals surface area contributed by atoms with Crippen molar-refractivity contribution < 1.29 is 8.42 Å². The Balaban J connectivity index is 2.60. The SMILES string of the molecule is [N-]=[N+]=NCCCNS(=O)(=O)c1cccc(Br)c1. The summed E-state index contributed by atoms with van der Waals surface area (Å²) in [6.07, 6.45) is 0.470. The molecule has 1 aromatic carbocycles. The fourth-order valence-electron chi connectivity index (χ4n) is 1.12. The highest BCUT2D eigenvalue weighted by Gasteiger charge is 2.12. The van der Waals surface area contributed by atoms with Gasteiger partial charge in [0, 0.05) is 22.5 Å². The van der Waals surface area contributed by atoms with E-state index in [1.807, 2.05) is 0 Å². The summed E-state index contributed by atoms with van der Waals surface area (Å²) in [5, 5.41) is 3.32. The third-order valence-corrected chi connectivity index (χ3v) is 3.85. The minimum Gasteiger partial charge on any atom is -0.211 e. The van der Waals surface area contributed by atoms with Gasteiger partial charge in [0.05, 0.1) is 4.90 Å². The van der Waals surface area contributed by atoms with Crippen molar-refractivity contribution in [3.8, 4) is 0 Å². The molecule has 92 valence electrons. The molecule has 0 atom stereocenters.